The number of hydrogen-bond acceptors (Lipinski definition) is 4. The largest absolute Gasteiger partial charge is 0.543 e. The molecule has 0 heterocycles. The van der Waals surface area contributed by atoms with Crippen LogP contribution in [0.15, 0.2) is 72.8 Å². The first-order chi connectivity index (χ1) is 19.2. The van der Waals surface area contributed by atoms with Gasteiger partial charge >= 0.3 is 0 Å². The molecule has 0 radical (unpaired) electrons. The van der Waals surface area contributed by atoms with Gasteiger partial charge in [-0.15, -0.1) is 0 Å². The normalized spacial score (nSPS) is 11.3. The second kappa shape index (κ2) is 12.7. The number of phenolic OH excluding ortho intramolecular Hbond substituents is 1. The van der Waals surface area contributed by atoms with Crippen LogP contribution in [0.2, 0.25) is 18.1 Å². The molecule has 4 aromatic carbocycles. The second-order valence-electron chi connectivity index (χ2n) is 12.2. The lowest BCUT2D eigenvalue weighted by molar-refractivity contribution is 0.111. The summed E-state index contributed by atoms with van der Waals surface area (Å²) in [6.45, 7) is 19.4. The van der Waals surface area contributed by atoms with Crippen molar-refractivity contribution < 1.29 is 19.1 Å². The highest BCUT2D eigenvalue weighted by molar-refractivity contribution is 6.74. The minimum atomic E-state index is -1.85. The first-order valence-electron chi connectivity index (χ1n) is 13.9. The summed E-state index contributed by atoms with van der Waals surface area (Å²) in [5.41, 5.74) is 10.1. The van der Waals surface area contributed by atoms with E-state index in [9.17, 15) is 14.7 Å². The molecule has 0 amide bonds. The monoisotopic (exact) mass is 566 g/mol. The maximum atomic E-state index is 11.0. The Morgan fingerprint density at radius 3 is 1.41 bits per heavy atom. The third-order valence-corrected chi connectivity index (χ3v) is 12.2. The number of aryl methyl sites for hydroxylation is 4. The number of aldehydes is 2. The maximum absolute atomic E-state index is 11.0. The lowest BCUT2D eigenvalue weighted by atomic mass is 9.94. The van der Waals surface area contributed by atoms with Crippen LogP contribution in [0.4, 0.5) is 0 Å². The Balaban J connectivity index is 0.000000239. The SMILES string of the molecule is Cc1cc(O)cc(C)c1-c1cccc(C=O)c1.Cc1cc(O[Si](C)(C)C(C)(C)C)cc(C)c1-c1cccc(C=O)c1. The number of benzene rings is 4. The summed E-state index contributed by atoms with van der Waals surface area (Å²) in [4.78, 5) is 21.8. The van der Waals surface area contributed by atoms with Crippen LogP contribution in [0.5, 0.6) is 11.5 Å². The van der Waals surface area contributed by atoms with Crippen LogP contribution in [-0.2, 0) is 0 Å². The van der Waals surface area contributed by atoms with E-state index in [1.807, 2.05) is 50.2 Å². The molecule has 4 rings (SSSR count). The van der Waals surface area contributed by atoms with E-state index in [0.717, 1.165) is 46.1 Å². The second-order valence-corrected chi connectivity index (χ2v) is 17.0. The van der Waals surface area contributed by atoms with Crippen LogP contribution in [0, 0.1) is 27.7 Å². The van der Waals surface area contributed by atoms with E-state index in [2.05, 4.69) is 65.9 Å². The van der Waals surface area contributed by atoms with Gasteiger partial charge < -0.3 is 9.53 Å². The van der Waals surface area contributed by atoms with E-state index in [1.165, 1.54) is 16.7 Å². The summed E-state index contributed by atoms with van der Waals surface area (Å²) in [6, 6.07) is 22.9. The number of hydrogen-bond donors (Lipinski definition) is 1. The first kappa shape index (κ1) is 31.6. The van der Waals surface area contributed by atoms with Crippen LogP contribution in [0.3, 0.4) is 0 Å². The minimum absolute atomic E-state index is 0.172. The highest BCUT2D eigenvalue weighted by Crippen LogP contribution is 2.39. The van der Waals surface area contributed by atoms with Gasteiger partial charge in [0, 0.05) is 11.1 Å². The lowest BCUT2D eigenvalue weighted by Gasteiger charge is -2.36. The Hall–Kier alpha value is -3.96. The molecule has 0 atom stereocenters. The van der Waals surface area contributed by atoms with Gasteiger partial charge in [-0.05, 0) is 127 Å². The van der Waals surface area contributed by atoms with E-state index in [0.29, 0.717) is 11.1 Å². The topological polar surface area (TPSA) is 63.6 Å². The van der Waals surface area contributed by atoms with E-state index in [4.69, 9.17) is 4.43 Å². The number of aromatic hydroxyl groups is 1. The van der Waals surface area contributed by atoms with Gasteiger partial charge in [-0.25, -0.2) is 0 Å². The molecular formula is C36H42O4Si. The van der Waals surface area contributed by atoms with Crippen molar-refractivity contribution in [3.8, 4) is 33.8 Å². The molecule has 4 aromatic rings. The number of carbonyl (C=O) groups is 2. The molecule has 1 N–H and O–H groups in total. The zero-order valence-electron chi connectivity index (χ0n) is 25.8. The molecule has 0 spiro atoms. The number of carbonyl (C=O) groups excluding carboxylic acids is 2. The van der Waals surface area contributed by atoms with E-state index < -0.39 is 8.32 Å². The highest BCUT2D eigenvalue weighted by Gasteiger charge is 2.39. The van der Waals surface area contributed by atoms with Gasteiger partial charge in [0.2, 0.25) is 8.32 Å². The van der Waals surface area contributed by atoms with Crippen molar-refractivity contribution in [2.75, 3.05) is 0 Å². The highest BCUT2D eigenvalue weighted by atomic mass is 28.4. The molecule has 0 fully saturated rings. The van der Waals surface area contributed by atoms with E-state index in [1.54, 1.807) is 18.2 Å². The van der Waals surface area contributed by atoms with Crippen LogP contribution < -0.4 is 4.43 Å². The number of phenols is 1. The molecule has 0 aliphatic heterocycles. The van der Waals surface area contributed by atoms with Gasteiger partial charge in [0.25, 0.3) is 0 Å². The third-order valence-electron chi connectivity index (χ3n) is 7.83. The Morgan fingerprint density at radius 2 is 1.05 bits per heavy atom. The number of rotatable bonds is 6. The van der Waals surface area contributed by atoms with Gasteiger partial charge in [0.15, 0.2) is 0 Å². The fourth-order valence-electron chi connectivity index (χ4n) is 4.82. The average molecular weight is 567 g/mol. The molecule has 0 unspecified atom stereocenters. The Bertz CT molecular complexity index is 1510. The molecule has 41 heavy (non-hydrogen) atoms. The van der Waals surface area contributed by atoms with E-state index in [-0.39, 0.29) is 10.8 Å². The maximum Gasteiger partial charge on any atom is 0.250 e. The summed E-state index contributed by atoms with van der Waals surface area (Å²) in [5.74, 6) is 1.22. The molecular weight excluding hydrogens is 524 g/mol. The Labute approximate surface area is 246 Å². The van der Waals surface area contributed by atoms with E-state index >= 15 is 0 Å². The smallest absolute Gasteiger partial charge is 0.250 e. The van der Waals surface area contributed by atoms with Gasteiger partial charge in [-0.3, -0.25) is 9.59 Å². The fraction of sp³-hybridized carbons (Fsp3) is 0.278. The third kappa shape index (κ3) is 7.62. The predicted octanol–water partition coefficient (Wildman–Crippen LogP) is 9.66. The molecule has 0 bridgehead atoms. The standard InChI is InChI=1S/C21H28O2Si.C15H14O2/c1-15-11-19(23-24(6,7)21(3,4)5)12-16(2)20(15)18-10-8-9-17(13-18)14-22;1-10-6-14(17)7-11(2)15(10)13-5-3-4-12(8-13)9-16/h8-14H,1-7H3;3-9,17H,1-2H3. The van der Waals surface area contributed by atoms with Crippen LogP contribution in [0.25, 0.3) is 22.3 Å². The predicted molar refractivity (Wildman–Crippen MR) is 173 cm³/mol. The quantitative estimate of drug-likeness (QED) is 0.186. The van der Waals surface area contributed by atoms with Crippen molar-refractivity contribution in [2.45, 2.75) is 66.6 Å². The fourth-order valence-corrected chi connectivity index (χ4v) is 5.83. The van der Waals surface area contributed by atoms with Gasteiger partial charge in [-0.1, -0.05) is 57.2 Å². The summed E-state index contributed by atoms with van der Waals surface area (Å²) >= 11 is 0. The molecule has 0 saturated heterocycles. The lowest BCUT2D eigenvalue weighted by Crippen LogP contribution is -2.43. The van der Waals surface area contributed by atoms with Crippen molar-refractivity contribution >= 4 is 20.9 Å². The molecule has 5 heteroatoms. The van der Waals surface area contributed by atoms with Crippen LogP contribution in [-0.4, -0.2) is 26.0 Å². The van der Waals surface area contributed by atoms with Crippen molar-refractivity contribution in [3.05, 3.63) is 106 Å². The zero-order valence-corrected chi connectivity index (χ0v) is 26.8. The Kier molecular flexibility index (Phi) is 9.77. The van der Waals surface area contributed by atoms with Gasteiger partial charge in [0.05, 0.1) is 0 Å². The van der Waals surface area contributed by atoms with Crippen molar-refractivity contribution in [1.29, 1.82) is 0 Å². The van der Waals surface area contributed by atoms with Gasteiger partial charge in [0.1, 0.15) is 24.1 Å². The summed E-state index contributed by atoms with van der Waals surface area (Å²) in [5, 5.41) is 9.68. The summed E-state index contributed by atoms with van der Waals surface area (Å²) in [6.07, 6.45) is 1.73. The van der Waals surface area contributed by atoms with Crippen molar-refractivity contribution in [1.82, 2.24) is 0 Å². The summed E-state index contributed by atoms with van der Waals surface area (Å²) < 4.78 is 6.45. The minimum Gasteiger partial charge on any atom is -0.543 e. The molecule has 4 nitrogen and oxygen atoms in total. The molecule has 0 aromatic heterocycles. The first-order valence-corrected chi connectivity index (χ1v) is 16.8. The zero-order chi connectivity index (χ0) is 30.5. The summed E-state index contributed by atoms with van der Waals surface area (Å²) in [7, 11) is -1.85. The molecule has 0 aliphatic rings. The van der Waals surface area contributed by atoms with Crippen LogP contribution in [0.1, 0.15) is 63.7 Å². The molecule has 0 aliphatic carbocycles. The molecule has 214 valence electrons. The average Bonchev–Trinajstić information content (AvgIpc) is 2.87. The molecule has 0 saturated carbocycles. The van der Waals surface area contributed by atoms with Gasteiger partial charge in [-0.2, -0.15) is 0 Å². The Morgan fingerprint density at radius 1 is 0.659 bits per heavy atom. The van der Waals surface area contributed by atoms with Crippen LogP contribution >= 0.6 is 0 Å². The van der Waals surface area contributed by atoms with Crippen molar-refractivity contribution in [2.24, 2.45) is 0 Å². The van der Waals surface area contributed by atoms with Crippen molar-refractivity contribution in [3.63, 3.8) is 0 Å².